The first-order chi connectivity index (χ1) is 17.7. The van der Waals surface area contributed by atoms with E-state index in [9.17, 15) is 10.1 Å². The minimum absolute atomic E-state index is 0.0361. The Morgan fingerprint density at radius 2 is 1.62 bits per heavy atom. The van der Waals surface area contributed by atoms with Crippen LogP contribution in [0.15, 0.2) is 83.9 Å². The van der Waals surface area contributed by atoms with Crippen LogP contribution in [0.5, 0.6) is 0 Å². The molecule has 0 fully saturated rings. The smallest absolute Gasteiger partial charge is 0.234 e. The van der Waals surface area contributed by atoms with E-state index in [1.165, 1.54) is 22.9 Å². The van der Waals surface area contributed by atoms with Crippen LogP contribution < -0.4 is 5.32 Å². The third-order valence-corrected chi connectivity index (χ3v) is 7.34. The molecular weight excluding hydrogens is 474 g/mol. The molecule has 0 radical (unpaired) electrons. The third kappa shape index (κ3) is 6.28. The molecule has 3 aromatic carbocycles. The highest BCUT2D eigenvalue weighted by molar-refractivity contribution is 8.00. The van der Waals surface area contributed by atoms with Gasteiger partial charge in [-0.1, -0.05) is 93.2 Å². The zero-order valence-corrected chi connectivity index (χ0v) is 22.7. The number of carbonyl (C=O) groups is 1. The van der Waals surface area contributed by atoms with Gasteiger partial charge in [-0.3, -0.25) is 4.79 Å². The number of nitriles is 1. The average molecular weight is 506 g/mol. The fourth-order valence-electron chi connectivity index (χ4n) is 4.02. The van der Waals surface area contributed by atoms with Crippen molar-refractivity contribution in [3.8, 4) is 28.5 Å². The van der Waals surface area contributed by atoms with E-state index in [0.29, 0.717) is 10.6 Å². The van der Waals surface area contributed by atoms with Crippen LogP contribution in [0.4, 0.5) is 5.69 Å². The van der Waals surface area contributed by atoms with Gasteiger partial charge < -0.3 is 5.32 Å². The van der Waals surface area contributed by atoms with Crippen LogP contribution in [-0.4, -0.2) is 16.6 Å². The number of amides is 1. The van der Waals surface area contributed by atoms with Crippen molar-refractivity contribution < 1.29 is 4.79 Å². The predicted octanol–water partition coefficient (Wildman–Crippen LogP) is 7.93. The number of hydrogen-bond donors (Lipinski definition) is 1. The summed E-state index contributed by atoms with van der Waals surface area (Å²) < 4.78 is 0. The van der Waals surface area contributed by atoms with E-state index in [-0.39, 0.29) is 17.1 Å². The summed E-state index contributed by atoms with van der Waals surface area (Å²) in [6.45, 7) is 10.6. The largest absolute Gasteiger partial charge is 0.325 e. The molecule has 0 saturated carbocycles. The van der Waals surface area contributed by atoms with Gasteiger partial charge in [0.1, 0.15) is 11.1 Å². The zero-order chi connectivity index (χ0) is 26.6. The normalized spacial score (nSPS) is 11.1. The van der Waals surface area contributed by atoms with Crippen molar-refractivity contribution in [1.29, 1.82) is 5.26 Å². The lowest BCUT2D eigenvalue weighted by molar-refractivity contribution is -0.113. The second-order valence-corrected chi connectivity index (χ2v) is 11.1. The first-order valence-electron chi connectivity index (χ1n) is 12.3. The van der Waals surface area contributed by atoms with E-state index in [1.807, 2.05) is 68.4 Å². The minimum Gasteiger partial charge on any atom is -0.325 e. The monoisotopic (exact) mass is 505 g/mol. The molecule has 5 heteroatoms. The Bertz CT molecular complexity index is 1460. The number of nitrogens with zero attached hydrogens (tertiary/aromatic N) is 2. The molecule has 37 heavy (non-hydrogen) atoms. The van der Waals surface area contributed by atoms with Gasteiger partial charge in [0.15, 0.2) is 0 Å². The molecule has 4 aromatic rings. The second-order valence-electron chi connectivity index (χ2n) is 10.2. The molecule has 0 unspecified atom stereocenters. The van der Waals surface area contributed by atoms with Crippen LogP contribution in [0.1, 0.15) is 43.0 Å². The molecule has 0 spiro atoms. The average Bonchev–Trinajstić information content (AvgIpc) is 2.89. The van der Waals surface area contributed by atoms with Crippen LogP contribution >= 0.6 is 11.8 Å². The Kier molecular flexibility index (Phi) is 7.80. The third-order valence-electron chi connectivity index (χ3n) is 6.36. The topological polar surface area (TPSA) is 65.8 Å². The number of benzene rings is 3. The molecule has 0 saturated heterocycles. The number of aromatic nitrogens is 1. The molecule has 0 bridgehead atoms. The fraction of sp³-hybridized carbons (Fsp3) is 0.219. The van der Waals surface area contributed by atoms with Gasteiger partial charge >= 0.3 is 0 Å². The van der Waals surface area contributed by atoms with Gasteiger partial charge in [-0.25, -0.2) is 4.98 Å². The molecule has 4 nitrogen and oxygen atoms in total. The van der Waals surface area contributed by atoms with Crippen LogP contribution in [-0.2, 0) is 10.2 Å². The summed E-state index contributed by atoms with van der Waals surface area (Å²) in [6, 6.07) is 28.4. The molecular formula is C32H31N3OS. The Labute approximate surface area is 223 Å². The minimum atomic E-state index is -0.139. The summed E-state index contributed by atoms with van der Waals surface area (Å²) in [5.74, 6) is 0.00930. The standard InChI is InChI=1S/C32H31N3OS/c1-21-11-16-26(17-22(21)2)34-30(36)20-37-31-28(19-33)27(18-29(35-31)24-9-7-6-8-10-24)23-12-14-25(15-13-23)32(3,4)5/h6-18H,20H2,1-5H3,(H,34,36). The van der Waals surface area contributed by atoms with Gasteiger partial charge in [-0.15, -0.1) is 0 Å². The van der Waals surface area contributed by atoms with Crippen LogP contribution in [0.3, 0.4) is 0 Å². The number of rotatable bonds is 6. The quantitative estimate of drug-likeness (QED) is 0.270. The summed E-state index contributed by atoms with van der Waals surface area (Å²) in [5, 5.41) is 13.7. The lowest BCUT2D eigenvalue weighted by atomic mass is 9.86. The predicted molar refractivity (Wildman–Crippen MR) is 154 cm³/mol. The van der Waals surface area contributed by atoms with E-state index >= 15 is 0 Å². The number of thioether (sulfide) groups is 1. The summed E-state index contributed by atoms with van der Waals surface area (Å²) in [5.41, 5.74) is 8.30. The molecule has 186 valence electrons. The summed E-state index contributed by atoms with van der Waals surface area (Å²) in [7, 11) is 0. The molecule has 0 aliphatic heterocycles. The first-order valence-corrected chi connectivity index (χ1v) is 13.3. The molecule has 1 heterocycles. The van der Waals surface area contributed by atoms with E-state index in [2.05, 4.69) is 56.4 Å². The maximum Gasteiger partial charge on any atom is 0.234 e. The van der Waals surface area contributed by atoms with Crippen molar-refractivity contribution in [3.05, 3.63) is 101 Å². The maximum atomic E-state index is 12.8. The Morgan fingerprint density at radius 3 is 2.24 bits per heavy atom. The maximum absolute atomic E-state index is 12.8. The number of aryl methyl sites for hydroxylation is 2. The number of anilines is 1. The van der Waals surface area contributed by atoms with Gasteiger partial charge in [-0.05, 0) is 59.7 Å². The molecule has 1 aromatic heterocycles. The highest BCUT2D eigenvalue weighted by atomic mass is 32.2. The Balaban J connectivity index is 1.68. The number of nitrogens with one attached hydrogen (secondary N) is 1. The van der Waals surface area contributed by atoms with Crippen molar-refractivity contribution in [2.24, 2.45) is 0 Å². The first kappa shape index (κ1) is 26.2. The lowest BCUT2D eigenvalue weighted by Crippen LogP contribution is -2.14. The highest BCUT2D eigenvalue weighted by Crippen LogP contribution is 2.35. The van der Waals surface area contributed by atoms with E-state index in [4.69, 9.17) is 4.98 Å². The molecule has 1 N–H and O–H groups in total. The van der Waals surface area contributed by atoms with Crippen LogP contribution in [0.2, 0.25) is 0 Å². The van der Waals surface area contributed by atoms with E-state index in [0.717, 1.165) is 33.6 Å². The van der Waals surface area contributed by atoms with E-state index in [1.54, 1.807) is 0 Å². The molecule has 1 amide bonds. The molecule has 4 rings (SSSR count). The van der Waals surface area contributed by atoms with Gasteiger partial charge in [0.05, 0.1) is 17.0 Å². The van der Waals surface area contributed by atoms with Gasteiger partial charge in [0, 0.05) is 16.8 Å². The number of carbonyl (C=O) groups excluding carboxylic acids is 1. The van der Waals surface area contributed by atoms with Crippen molar-refractivity contribution in [1.82, 2.24) is 4.98 Å². The van der Waals surface area contributed by atoms with Crippen molar-refractivity contribution >= 4 is 23.4 Å². The number of hydrogen-bond acceptors (Lipinski definition) is 4. The van der Waals surface area contributed by atoms with E-state index < -0.39 is 0 Å². The van der Waals surface area contributed by atoms with Gasteiger partial charge in [0.25, 0.3) is 0 Å². The number of pyridine rings is 1. The van der Waals surface area contributed by atoms with Crippen molar-refractivity contribution in [3.63, 3.8) is 0 Å². The summed E-state index contributed by atoms with van der Waals surface area (Å²) in [4.78, 5) is 17.6. The molecule has 0 aliphatic rings. The summed E-state index contributed by atoms with van der Waals surface area (Å²) in [6.07, 6.45) is 0. The summed E-state index contributed by atoms with van der Waals surface area (Å²) >= 11 is 1.29. The Morgan fingerprint density at radius 1 is 0.919 bits per heavy atom. The Hall–Kier alpha value is -3.88. The van der Waals surface area contributed by atoms with Crippen molar-refractivity contribution in [2.75, 3.05) is 11.1 Å². The SMILES string of the molecule is Cc1ccc(NC(=O)CSc2nc(-c3ccccc3)cc(-c3ccc(C(C)(C)C)cc3)c2C#N)cc1C. The fourth-order valence-corrected chi connectivity index (χ4v) is 4.82. The van der Waals surface area contributed by atoms with Crippen LogP contribution in [0.25, 0.3) is 22.4 Å². The highest BCUT2D eigenvalue weighted by Gasteiger charge is 2.19. The second kappa shape index (κ2) is 11.0. The molecule has 0 aliphatic carbocycles. The van der Waals surface area contributed by atoms with Gasteiger partial charge in [0.2, 0.25) is 5.91 Å². The lowest BCUT2D eigenvalue weighted by Gasteiger charge is -2.19. The van der Waals surface area contributed by atoms with Gasteiger partial charge in [-0.2, -0.15) is 5.26 Å². The molecule has 0 atom stereocenters. The van der Waals surface area contributed by atoms with Crippen LogP contribution in [0, 0.1) is 25.2 Å². The zero-order valence-electron chi connectivity index (χ0n) is 21.9. The van der Waals surface area contributed by atoms with Crippen molar-refractivity contribution in [2.45, 2.75) is 45.1 Å².